The van der Waals surface area contributed by atoms with Crippen LogP contribution in [0, 0.1) is 11.3 Å². The number of fused-ring (bicyclic) bond motifs is 1. The number of ether oxygens (including phenoxy) is 2. The third kappa shape index (κ3) is 4.96. The summed E-state index contributed by atoms with van der Waals surface area (Å²) >= 11 is 9.52. The summed E-state index contributed by atoms with van der Waals surface area (Å²) in [5.41, 5.74) is 4.30. The number of halogens is 2. The number of para-hydroxylation sites is 2. The van der Waals surface area contributed by atoms with E-state index in [4.69, 9.17) is 21.1 Å². The number of allylic oxidation sites excluding steroid dienone is 1. The average molecular weight is 509 g/mol. The van der Waals surface area contributed by atoms with Gasteiger partial charge in [0.1, 0.15) is 6.61 Å². The van der Waals surface area contributed by atoms with Gasteiger partial charge in [0.2, 0.25) is 0 Å². The van der Waals surface area contributed by atoms with Gasteiger partial charge in [-0.2, -0.15) is 5.26 Å². The Bertz CT molecular complexity index is 1320. The van der Waals surface area contributed by atoms with Crippen LogP contribution in [-0.2, 0) is 13.2 Å². The maximum atomic E-state index is 9.71. The second-order valence-electron chi connectivity index (χ2n) is 7.09. The smallest absolute Gasteiger partial charge is 0.175 e. The summed E-state index contributed by atoms with van der Waals surface area (Å²) in [6.45, 7) is 0.796. The van der Waals surface area contributed by atoms with Crippen LogP contribution in [0.25, 0.3) is 17.1 Å². The lowest BCUT2D eigenvalue weighted by Gasteiger charge is -2.14. The first-order chi connectivity index (χ1) is 15.6. The van der Waals surface area contributed by atoms with E-state index in [1.54, 1.807) is 13.4 Å². The Morgan fingerprint density at radius 2 is 1.97 bits per heavy atom. The minimum absolute atomic E-state index is 0.373. The molecule has 5 nitrogen and oxygen atoms in total. The van der Waals surface area contributed by atoms with Gasteiger partial charge in [0, 0.05) is 10.6 Å². The molecule has 1 aromatic heterocycles. The standard InChI is InChI=1S/C25H19BrClN3O2/c1-31-24-12-18(11-21(26)25(24)32-15-17-6-8-20(27)9-7-17)10-19(13-28)14-30-16-29-22-4-2-3-5-23(22)30/h2-12,16H,14-15H2,1H3/b19-10-. The van der Waals surface area contributed by atoms with Crippen LogP contribution in [0.2, 0.25) is 5.02 Å². The molecule has 0 aliphatic heterocycles. The number of nitriles is 1. The number of imidazole rings is 1. The molecule has 0 amide bonds. The first kappa shape index (κ1) is 21.9. The molecular formula is C25H19BrClN3O2. The fourth-order valence-corrected chi connectivity index (χ4v) is 4.03. The van der Waals surface area contributed by atoms with Crippen molar-refractivity contribution < 1.29 is 9.47 Å². The number of benzene rings is 3. The molecular weight excluding hydrogens is 490 g/mol. The Morgan fingerprint density at radius 3 is 2.72 bits per heavy atom. The van der Waals surface area contributed by atoms with Crippen LogP contribution in [0.1, 0.15) is 11.1 Å². The van der Waals surface area contributed by atoms with E-state index in [0.717, 1.165) is 26.6 Å². The first-order valence-corrected chi connectivity index (χ1v) is 11.0. The predicted molar refractivity (Wildman–Crippen MR) is 130 cm³/mol. The molecule has 7 heteroatoms. The molecule has 160 valence electrons. The SMILES string of the molecule is COc1cc(/C=C(/C#N)Cn2cnc3ccccc32)cc(Br)c1OCc1ccc(Cl)cc1. The Hall–Kier alpha value is -3.27. The molecule has 0 bridgehead atoms. The highest BCUT2D eigenvalue weighted by atomic mass is 79.9. The minimum atomic E-state index is 0.373. The summed E-state index contributed by atoms with van der Waals surface area (Å²) < 4.78 is 14.2. The lowest BCUT2D eigenvalue weighted by molar-refractivity contribution is 0.282. The molecule has 0 aliphatic rings. The van der Waals surface area contributed by atoms with Crippen molar-refractivity contribution >= 4 is 44.6 Å². The van der Waals surface area contributed by atoms with Crippen molar-refractivity contribution in [1.82, 2.24) is 9.55 Å². The molecule has 0 N–H and O–H groups in total. The van der Waals surface area contributed by atoms with Crippen molar-refractivity contribution in [3.05, 3.63) is 93.2 Å². The summed E-state index contributed by atoms with van der Waals surface area (Å²) in [6.07, 6.45) is 3.59. The summed E-state index contributed by atoms with van der Waals surface area (Å²) in [5.74, 6) is 1.17. The van der Waals surface area contributed by atoms with Gasteiger partial charge in [-0.3, -0.25) is 0 Å². The van der Waals surface area contributed by atoms with Crippen molar-refractivity contribution in [1.29, 1.82) is 5.26 Å². The normalized spacial score (nSPS) is 11.4. The zero-order valence-corrected chi connectivity index (χ0v) is 19.6. The Morgan fingerprint density at radius 1 is 1.19 bits per heavy atom. The number of nitrogens with zero attached hydrogens (tertiary/aromatic N) is 3. The zero-order chi connectivity index (χ0) is 22.5. The minimum Gasteiger partial charge on any atom is -0.493 e. The molecule has 0 radical (unpaired) electrons. The molecule has 32 heavy (non-hydrogen) atoms. The van der Waals surface area contributed by atoms with Crippen LogP contribution in [0.4, 0.5) is 0 Å². The topological polar surface area (TPSA) is 60.1 Å². The molecule has 3 aromatic carbocycles. The van der Waals surface area contributed by atoms with Crippen LogP contribution in [0.5, 0.6) is 11.5 Å². The lowest BCUT2D eigenvalue weighted by atomic mass is 10.1. The highest BCUT2D eigenvalue weighted by molar-refractivity contribution is 9.10. The monoisotopic (exact) mass is 507 g/mol. The van der Waals surface area contributed by atoms with Crippen LogP contribution in [-0.4, -0.2) is 16.7 Å². The van der Waals surface area contributed by atoms with Crippen LogP contribution >= 0.6 is 27.5 Å². The van der Waals surface area contributed by atoms with E-state index in [1.807, 2.05) is 71.3 Å². The number of hydrogen-bond acceptors (Lipinski definition) is 4. The van der Waals surface area contributed by atoms with Crippen molar-refractivity contribution in [3.8, 4) is 17.6 Å². The fourth-order valence-electron chi connectivity index (χ4n) is 3.33. The first-order valence-electron chi connectivity index (χ1n) is 9.82. The van der Waals surface area contributed by atoms with Crippen LogP contribution in [0.3, 0.4) is 0 Å². The number of hydrogen-bond donors (Lipinski definition) is 0. The molecule has 0 fully saturated rings. The van der Waals surface area contributed by atoms with E-state index < -0.39 is 0 Å². The van der Waals surface area contributed by atoms with Gasteiger partial charge in [-0.05, 0) is 69.5 Å². The zero-order valence-electron chi connectivity index (χ0n) is 17.3. The van der Waals surface area contributed by atoms with Gasteiger partial charge in [0.05, 0.1) is 41.6 Å². The molecule has 0 unspecified atom stereocenters. The molecule has 0 saturated heterocycles. The van der Waals surface area contributed by atoms with E-state index in [2.05, 4.69) is 27.0 Å². The Kier molecular flexibility index (Phi) is 6.79. The second-order valence-corrected chi connectivity index (χ2v) is 8.38. The van der Waals surface area contributed by atoms with Gasteiger partial charge in [-0.25, -0.2) is 4.98 Å². The van der Waals surface area contributed by atoms with Crippen molar-refractivity contribution in [3.63, 3.8) is 0 Å². The van der Waals surface area contributed by atoms with Crippen LogP contribution in [0.15, 0.2) is 77.0 Å². The largest absolute Gasteiger partial charge is 0.493 e. The number of rotatable bonds is 7. The summed E-state index contributed by atoms with van der Waals surface area (Å²) in [6, 6.07) is 21.4. The van der Waals surface area contributed by atoms with Gasteiger partial charge >= 0.3 is 0 Å². The van der Waals surface area contributed by atoms with E-state index in [9.17, 15) is 5.26 Å². The van der Waals surface area contributed by atoms with Crippen molar-refractivity contribution in [2.45, 2.75) is 13.2 Å². The van der Waals surface area contributed by atoms with E-state index in [0.29, 0.717) is 35.2 Å². The summed E-state index contributed by atoms with van der Waals surface area (Å²) in [4.78, 5) is 4.39. The molecule has 1 heterocycles. The molecule has 0 saturated carbocycles. The maximum Gasteiger partial charge on any atom is 0.175 e. The quantitative estimate of drug-likeness (QED) is 0.262. The molecule has 0 aliphatic carbocycles. The lowest BCUT2D eigenvalue weighted by Crippen LogP contribution is -2.00. The Balaban J connectivity index is 1.57. The Labute approximate surface area is 199 Å². The van der Waals surface area contributed by atoms with Crippen molar-refractivity contribution in [2.24, 2.45) is 0 Å². The van der Waals surface area contributed by atoms with Gasteiger partial charge in [-0.15, -0.1) is 0 Å². The van der Waals surface area contributed by atoms with E-state index in [-0.39, 0.29) is 0 Å². The van der Waals surface area contributed by atoms with Gasteiger partial charge < -0.3 is 14.0 Å². The third-order valence-corrected chi connectivity index (χ3v) is 5.74. The fraction of sp³-hybridized carbons (Fsp3) is 0.120. The highest BCUT2D eigenvalue weighted by Crippen LogP contribution is 2.38. The molecule has 4 aromatic rings. The van der Waals surface area contributed by atoms with E-state index >= 15 is 0 Å². The molecule has 0 spiro atoms. The highest BCUT2D eigenvalue weighted by Gasteiger charge is 2.13. The summed E-state index contributed by atoms with van der Waals surface area (Å²) in [5, 5.41) is 10.4. The average Bonchev–Trinajstić information content (AvgIpc) is 3.21. The second kappa shape index (κ2) is 9.90. The number of aromatic nitrogens is 2. The predicted octanol–water partition coefficient (Wildman–Crippen LogP) is 6.65. The molecule has 0 atom stereocenters. The van der Waals surface area contributed by atoms with Gasteiger partial charge in [-0.1, -0.05) is 35.9 Å². The number of methoxy groups -OCH3 is 1. The molecule has 4 rings (SSSR count). The van der Waals surface area contributed by atoms with Gasteiger partial charge in [0.25, 0.3) is 0 Å². The van der Waals surface area contributed by atoms with Crippen molar-refractivity contribution in [2.75, 3.05) is 7.11 Å². The third-order valence-electron chi connectivity index (χ3n) is 4.90. The summed E-state index contributed by atoms with van der Waals surface area (Å²) in [7, 11) is 1.59. The maximum absolute atomic E-state index is 9.71. The van der Waals surface area contributed by atoms with Gasteiger partial charge in [0.15, 0.2) is 11.5 Å². The van der Waals surface area contributed by atoms with Crippen LogP contribution < -0.4 is 9.47 Å². The van der Waals surface area contributed by atoms with E-state index in [1.165, 1.54) is 0 Å².